The highest BCUT2D eigenvalue weighted by Crippen LogP contribution is 2.18. The zero-order valence-electron chi connectivity index (χ0n) is 8.40. The minimum absolute atomic E-state index is 0.0789. The first-order valence-corrected chi connectivity index (χ1v) is 5.94. The van der Waals surface area contributed by atoms with Gasteiger partial charge in [0.25, 0.3) is 0 Å². The zero-order chi connectivity index (χ0) is 11.1. The van der Waals surface area contributed by atoms with E-state index in [4.69, 9.17) is 16.9 Å². The quantitative estimate of drug-likeness (QED) is 0.804. The van der Waals surface area contributed by atoms with Crippen molar-refractivity contribution in [3.8, 4) is 6.07 Å². The normalized spacial score (nSPS) is 12.1. The standard InChI is InChI=1S/C10H12ClN3S/c1-13-9(6-12)4-5-15-10-3-2-8(11)7-14-10/h2-3,7,9,13H,4-5H2,1H3. The van der Waals surface area contributed by atoms with Crippen molar-refractivity contribution < 1.29 is 0 Å². The van der Waals surface area contributed by atoms with Crippen LogP contribution in [-0.2, 0) is 0 Å². The van der Waals surface area contributed by atoms with Crippen molar-refractivity contribution in [2.75, 3.05) is 12.8 Å². The van der Waals surface area contributed by atoms with Crippen LogP contribution in [-0.4, -0.2) is 23.8 Å². The summed E-state index contributed by atoms with van der Waals surface area (Å²) in [6.45, 7) is 0. The minimum Gasteiger partial charge on any atom is -0.305 e. The topological polar surface area (TPSA) is 48.7 Å². The molecular formula is C10H12ClN3S. The van der Waals surface area contributed by atoms with E-state index >= 15 is 0 Å². The molecule has 0 saturated carbocycles. The Kier molecular flexibility index (Phi) is 5.48. The molecule has 1 heterocycles. The van der Waals surface area contributed by atoms with Crippen LogP contribution in [0.4, 0.5) is 0 Å². The lowest BCUT2D eigenvalue weighted by Gasteiger charge is -2.06. The molecule has 0 bridgehead atoms. The number of halogens is 1. The van der Waals surface area contributed by atoms with Gasteiger partial charge in [-0.3, -0.25) is 0 Å². The van der Waals surface area contributed by atoms with E-state index in [0.29, 0.717) is 5.02 Å². The number of nitrogens with zero attached hydrogens (tertiary/aromatic N) is 2. The van der Waals surface area contributed by atoms with Gasteiger partial charge in [0.2, 0.25) is 0 Å². The maximum Gasteiger partial charge on any atom is 0.0960 e. The van der Waals surface area contributed by atoms with Gasteiger partial charge < -0.3 is 5.32 Å². The summed E-state index contributed by atoms with van der Waals surface area (Å²) in [5.41, 5.74) is 0. The van der Waals surface area contributed by atoms with Gasteiger partial charge in [0.15, 0.2) is 0 Å². The highest BCUT2D eigenvalue weighted by atomic mass is 35.5. The molecule has 80 valence electrons. The van der Waals surface area contributed by atoms with Gasteiger partial charge >= 0.3 is 0 Å². The molecular weight excluding hydrogens is 230 g/mol. The highest BCUT2D eigenvalue weighted by Gasteiger charge is 2.03. The van der Waals surface area contributed by atoms with Crippen LogP contribution in [0.3, 0.4) is 0 Å². The monoisotopic (exact) mass is 241 g/mol. The van der Waals surface area contributed by atoms with Gasteiger partial charge in [-0.25, -0.2) is 4.98 Å². The predicted octanol–water partition coefficient (Wildman–Crippen LogP) is 2.33. The van der Waals surface area contributed by atoms with Crippen LogP contribution in [0, 0.1) is 11.3 Å². The van der Waals surface area contributed by atoms with Crippen LogP contribution in [0.15, 0.2) is 23.4 Å². The van der Waals surface area contributed by atoms with Gasteiger partial charge in [-0.2, -0.15) is 5.26 Å². The molecule has 1 aromatic rings. The Hall–Kier alpha value is -0.760. The molecule has 15 heavy (non-hydrogen) atoms. The largest absolute Gasteiger partial charge is 0.305 e. The summed E-state index contributed by atoms with van der Waals surface area (Å²) in [5, 5.41) is 13.2. The Morgan fingerprint density at radius 2 is 2.47 bits per heavy atom. The van der Waals surface area contributed by atoms with E-state index in [-0.39, 0.29) is 6.04 Å². The fraction of sp³-hybridized carbons (Fsp3) is 0.400. The van der Waals surface area contributed by atoms with Crippen molar-refractivity contribution in [1.82, 2.24) is 10.3 Å². The molecule has 0 aliphatic carbocycles. The van der Waals surface area contributed by atoms with Gasteiger partial charge in [0.05, 0.1) is 22.2 Å². The summed E-state index contributed by atoms with van der Waals surface area (Å²) in [6.07, 6.45) is 2.44. The second kappa shape index (κ2) is 6.67. The van der Waals surface area contributed by atoms with Crippen LogP contribution >= 0.6 is 23.4 Å². The maximum absolute atomic E-state index is 8.70. The Labute approximate surface area is 98.8 Å². The van der Waals surface area contributed by atoms with Crippen molar-refractivity contribution in [2.24, 2.45) is 0 Å². The van der Waals surface area contributed by atoms with Gasteiger partial charge in [-0.05, 0) is 25.6 Å². The Bertz CT molecular complexity index is 334. The summed E-state index contributed by atoms with van der Waals surface area (Å²) in [4.78, 5) is 4.15. The van der Waals surface area contributed by atoms with Crippen LogP contribution in [0.25, 0.3) is 0 Å². The lowest BCUT2D eigenvalue weighted by molar-refractivity contribution is 0.663. The van der Waals surface area contributed by atoms with Crippen LogP contribution in [0.5, 0.6) is 0 Å². The number of rotatable bonds is 5. The molecule has 0 aliphatic heterocycles. The molecule has 1 rings (SSSR count). The van der Waals surface area contributed by atoms with E-state index < -0.39 is 0 Å². The Morgan fingerprint density at radius 3 is 3.00 bits per heavy atom. The molecule has 1 aromatic heterocycles. The molecule has 5 heteroatoms. The molecule has 3 nitrogen and oxygen atoms in total. The van der Waals surface area contributed by atoms with Crippen LogP contribution in [0.1, 0.15) is 6.42 Å². The second-order valence-electron chi connectivity index (χ2n) is 2.92. The molecule has 1 N–H and O–H groups in total. The number of aromatic nitrogens is 1. The number of pyridine rings is 1. The fourth-order valence-corrected chi connectivity index (χ4v) is 1.97. The summed E-state index contributed by atoms with van der Waals surface area (Å²) in [5.74, 6) is 0.869. The lowest BCUT2D eigenvalue weighted by Crippen LogP contribution is -2.23. The van der Waals surface area contributed by atoms with E-state index in [9.17, 15) is 0 Å². The molecule has 0 spiro atoms. The second-order valence-corrected chi connectivity index (χ2v) is 4.47. The molecule has 0 aliphatic rings. The third-order valence-electron chi connectivity index (χ3n) is 1.86. The average molecular weight is 242 g/mol. The van der Waals surface area contributed by atoms with Crippen LogP contribution < -0.4 is 5.32 Å². The molecule has 1 atom stereocenters. The van der Waals surface area contributed by atoms with E-state index in [2.05, 4.69) is 16.4 Å². The first kappa shape index (κ1) is 12.3. The lowest BCUT2D eigenvalue weighted by atomic mass is 10.3. The first-order chi connectivity index (χ1) is 7.26. The summed E-state index contributed by atoms with van der Waals surface area (Å²) < 4.78 is 0. The maximum atomic E-state index is 8.70. The molecule has 0 fully saturated rings. The van der Waals surface area contributed by atoms with Crippen molar-refractivity contribution in [1.29, 1.82) is 5.26 Å². The highest BCUT2D eigenvalue weighted by molar-refractivity contribution is 7.99. The predicted molar refractivity (Wildman–Crippen MR) is 63.0 cm³/mol. The number of nitriles is 1. The van der Waals surface area contributed by atoms with Crippen molar-refractivity contribution in [2.45, 2.75) is 17.5 Å². The average Bonchev–Trinajstić information content (AvgIpc) is 2.27. The Balaban J connectivity index is 2.32. The summed E-state index contributed by atoms with van der Waals surface area (Å²) in [7, 11) is 1.79. The first-order valence-electron chi connectivity index (χ1n) is 4.57. The number of hydrogen-bond acceptors (Lipinski definition) is 4. The third-order valence-corrected chi connectivity index (χ3v) is 3.06. The smallest absolute Gasteiger partial charge is 0.0960 e. The molecule has 0 amide bonds. The van der Waals surface area contributed by atoms with E-state index in [1.807, 2.05) is 12.1 Å². The van der Waals surface area contributed by atoms with Gasteiger partial charge in [0.1, 0.15) is 0 Å². The van der Waals surface area contributed by atoms with Crippen LogP contribution in [0.2, 0.25) is 5.02 Å². The fourth-order valence-electron chi connectivity index (χ4n) is 1.00. The van der Waals surface area contributed by atoms with Gasteiger partial charge in [-0.1, -0.05) is 11.6 Å². The van der Waals surface area contributed by atoms with Crippen molar-refractivity contribution >= 4 is 23.4 Å². The summed E-state index contributed by atoms with van der Waals surface area (Å²) >= 11 is 7.34. The van der Waals surface area contributed by atoms with E-state index in [1.165, 1.54) is 0 Å². The number of nitrogens with one attached hydrogen (secondary N) is 1. The SMILES string of the molecule is CNC(C#N)CCSc1ccc(Cl)cn1. The minimum atomic E-state index is -0.0789. The van der Waals surface area contributed by atoms with E-state index in [0.717, 1.165) is 17.2 Å². The zero-order valence-corrected chi connectivity index (χ0v) is 9.98. The summed E-state index contributed by atoms with van der Waals surface area (Å²) in [6, 6.07) is 5.80. The third kappa shape index (κ3) is 4.52. The van der Waals surface area contributed by atoms with Crippen molar-refractivity contribution in [3.05, 3.63) is 23.4 Å². The molecule has 1 unspecified atom stereocenters. The van der Waals surface area contributed by atoms with E-state index in [1.54, 1.807) is 25.0 Å². The molecule has 0 radical (unpaired) electrons. The molecule has 0 saturated heterocycles. The van der Waals surface area contributed by atoms with Gasteiger partial charge in [0, 0.05) is 11.9 Å². The molecule has 0 aromatic carbocycles. The number of thioether (sulfide) groups is 1. The number of hydrogen-bond donors (Lipinski definition) is 1. The van der Waals surface area contributed by atoms with Gasteiger partial charge in [-0.15, -0.1) is 11.8 Å². The van der Waals surface area contributed by atoms with Crippen molar-refractivity contribution in [3.63, 3.8) is 0 Å². The Morgan fingerprint density at radius 1 is 1.67 bits per heavy atom.